The number of hydrogen-bond acceptors (Lipinski definition) is 6. The maximum Gasteiger partial charge on any atom is 0.251 e. The van der Waals surface area contributed by atoms with Gasteiger partial charge >= 0.3 is 0 Å². The summed E-state index contributed by atoms with van der Waals surface area (Å²) in [6.07, 6.45) is 5.51. The maximum atomic E-state index is 12.7. The molecule has 0 radical (unpaired) electrons. The molecule has 36 heavy (non-hydrogen) atoms. The predicted molar refractivity (Wildman–Crippen MR) is 147 cm³/mol. The first-order valence-electron chi connectivity index (χ1n) is 12.7. The lowest BCUT2D eigenvalue weighted by atomic mass is 10.0. The molecule has 186 valence electrons. The monoisotopic (exact) mass is 500 g/mol. The number of anilines is 1. The third kappa shape index (κ3) is 5.54. The zero-order chi connectivity index (χ0) is 24.9. The van der Waals surface area contributed by atoms with Crippen molar-refractivity contribution in [2.45, 2.75) is 50.1 Å². The molecule has 0 atom stereocenters. The second-order valence-corrected chi connectivity index (χ2v) is 10.9. The van der Waals surface area contributed by atoms with Gasteiger partial charge < -0.3 is 10.2 Å². The second-order valence-electron chi connectivity index (χ2n) is 9.35. The van der Waals surface area contributed by atoms with Crippen LogP contribution in [0, 0.1) is 0 Å². The van der Waals surface area contributed by atoms with Crippen LogP contribution in [0.25, 0.3) is 22.2 Å². The highest BCUT2D eigenvalue weighted by molar-refractivity contribution is 7.99. The Morgan fingerprint density at radius 1 is 0.972 bits per heavy atom. The molecule has 1 saturated heterocycles. The average molecular weight is 501 g/mol. The SMILES string of the molecule is CC(C)Sc1nc(N2CCCCC2)c2cnn(CCNC(=O)c3ccc(-c4ccccc4)cc3)c2n1. The van der Waals surface area contributed by atoms with Gasteiger partial charge in [0.2, 0.25) is 0 Å². The number of hydrogen-bond donors (Lipinski definition) is 1. The number of fused-ring (bicyclic) bond motifs is 1. The second kappa shape index (κ2) is 11.1. The van der Waals surface area contributed by atoms with Crippen LogP contribution >= 0.6 is 11.8 Å². The molecule has 0 aliphatic carbocycles. The lowest BCUT2D eigenvalue weighted by molar-refractivity contribution is 0.0952. The average Bonchev–Trinajstić information content (AvgIpc) is 3.31. The van der Waals surface area contributed by atoms with E-state index in [1.807, 2.05) is 53.3 Å². The molecule has 4 aromatic rings. The van der Waals surface area contributed by atoms with E-state index in [9.17, 15) is 4.79 Å². The van der Waals surface area contributed by atoms with E-state index in [0.717, 1.165) is 46.2 Å². The van der Waals surface area contributed by atoms with Crippen LogP contribution in [-0.2, 0) is 6.54 Å². The molecule has 0 bridgehead atoms. The largest absolute Gasteiger partial charge is 0.356 e. The first-order chi connectivity index (χ1) is 17.6. The Hall–Kier alpha value is -3.39. The highest BCUT2D eigenvalue weighted by atomic mass is 32.2. The van der Waals surface area contributed by atoms with Crippen LogP contribution < -0.4 is 10.2 Å². The molecule has 3 heterocycles. The molecule has 2 aromatic carbocycles. The van der Waals surface area contributed by atoms with Gasteiger partial charge in [-0.05, 0) is 42.5 Å². The molecule has 8 heteroatoms. The third-order valence-corrected chi connectivity index (χ3v) is 7.18. The smallest absolute Gasteiger partial charge is 0.251 e. The number of thioether (sulfide) groups is 1. The molecule has 1 aliphatic rings. The van der Waals surface area contributed by atoms with Gasteiger partial charge in [-0.2, -0.15) is 5.10 Å². The normalized spacial score (nSPS) is 13.9. The molecule has 2 aromatic heterocycles. The van der Waals surface area contributed by atoms with Gasteiger partial charge in [-0.25, -0.2) is 14.6 Å². The van der Waals surface area contributed by atoms with Crippen LogP contribution in [0.1, 0.15) is 43.5 Å². The number of piperidine rings is 1. The van der Waals surface area contributed by atoms with Gasteiger partial charge in [-0.15, -0.1) is 0 Å². The Balaban J connectivity index is 1.28. The summed E-state index contributed by atoms with van der Waals surface area (Å²) < 4.78 is 1.88. The summed E-state index contributed by atoms with van der Waals surface area (Å²) in [6, 6.07) is 17.9. The van der Waals surface area contributed by atoms with Crippen molar-refractivity contribution in [3.63, 3.8) is 0 Å². The molecule has 0 spiro atoms. The first kappa shape index (κ1) is 24.3. The van der Waals surface area contributed by atoms with Gasteiger partial charge in [-0.3, -0.25) is 4.79 Å². The zero-order valence-corrected chi connectivity index (χ0v) is 21.7. The molecule has 1 fully saturated rings. The molecular weight excluding hydrogens is 468 g/mol. The van der Waals surface area contributed by atoms with Gasteiger partial charge in [0.05, 0.1) is 18.1 Å². The highest BCUT2D eigenvalue weighted by Gasteiger charge is 2.20. The Bertz CT molecular complexity index is 1310. The van der Waals surface area contributed by atoms with Gasteiger partial charge in [0, 0.05) is 30.4 Å². The maximum absolute atomic E-state index is 12.7. The van der Waals surface area contributed by atoms with Gasteiger partial charge in [0.25, 0.3) is 5.91 Å². The van der Waals surface area contributed by atoms with Crippen LogP contribution in [-0.4, -0.2) is 50.5 Å². The third-order valence-electron chi connectivity index (χ3n) is 6.32. The molecule has 1 aliphatic heterocycles. The highest BCUT2D eigenvalue weighted by Crippen LogP contribution is 2.30. The van der Waals surface area contributed by atoms with E-state index < -0.39 is 0 Å². The number of benzene rings is 2. The van der Waals surface area contributed by atoms with Crippen molar-refractivity contribution in [1.82, 2.24) is 25.1 Å². The van der Waals surface area contributed by atoms with Gasteiger partial charge in [-0.1, -0.05) is 68.1 Å². The number of rotatable bonds is 8. The summed E-state index contributed by atoms with van der Waals surface area (Å²) in [4.78, 5) is 24.9. The van der Waals surface area contributed by atoms with Crippen molar-refractivity contribution in [2.75, 3.05) is 24.5 Å². The van der Waals surface area contributed by atoms with Gasteiger partial charge in [0.15, 0.2) is 10.8 Å². The molecule has 5 rings (SSSR count). The van der Waals surface area contributed by atoms with Crippen molar-refractivity contribution in [3.05, 3.63) is 66.4 Å². The van der Waals surface area contributed by atoms with E-state index in [2.05, 4.69) is 41.3 Å². The molecular formula is C28H32N6OS. The van der Waals surface area contributed by atoms with Crippen molar-refractivity contribution in [2.24, 2.45) is 0 Å². The number of nitrogens with zero attached hydrogens (tertiary/aromatic N) is 5. The minimum Gasteiger partial charge on any atom is -0.356 e. The Labute approximate surface area is 216 Å². The van der Waals surface area contributed by atoms with Gasteiger partial charge in [0.1, 0.15) is 5.82 Å². The minimum absolute atomic E-state index is 0.0919. The van der Waals surface area contributed by atoms with Crippen LogP contribution in [0.2, 0.25) is 0 Å². The topological polar surface area (TPSA) is 75.9 Å². The lowest BCUT2D eigenvalue weighted by Crippen LogP contribution is -2.30. The Morgan fingerprint density at radius 3 is 2.42 bits per heavy atom. The Kier molecular flexibility index (Phi) is 7.51. The van der Waals surface area contributed by atoms with E-state index in [1.165, 1.54) is 19.3 Å². The fourth-order valence-corrected chi connectivity index (χ4v) is 5.22. The first-order valence-corrected chi connectivity index (χ1v) is 13.6. The van der Waals surface area contributed by atoms with Crippen molar-refractivity contribution in [3.8, 4) is 11.1 Å². The van der Waals surface area contributed by atoms with E-state index in [4.69, 9.17) is 9.97 Å². The molecule has 1 amide bonds. The van der Waals surface area contributed by atoms with Crippen LogP contribution in [0.5, 0.6) is 0 Å². The van der Waals surface area contributed by atoms with E-state index in [-0.39, 0.29) is 5.91 Å². The Morgan fingerprint density at radius 2 is 1.69 bits per heavy atom. The standard InChI is InChI=1S/C28H32N6OS/c1-20(2)36-28-31-25(33-16-7-4-8-17-33)24-19-30-34(26(24)32-28)18-15-29-27(35)23-13-11-22(12-14-23)21-9-5-3-6-10-21/h3,5-6,9-14,19-20H,4,7-8,15-18H2,1-2H3,(H,29,35). The number of carbonyl (C=O) groups excluding carboxylic acids is 1. The summed E-state index contributed by atoms with van der Waals surface area (Å²) in [6.45, 7) is 7.34. The zero-order valence-electron chi connectivity index (χ0n) is 20.9. The summed E-state index contributed by atoms with van der Waals surface area (Å²) in [5.41, 5.74) is 3.70. The number of aromatic nitrogens is 4. The van der Waals surface area contributed by atoms with E-state index >= 15 is 0 Å². The fourth-order valence-electron chi connectivity index (χ4n) is 4.52. The van der Waals surface area contributed by atoms with Crippen LogP contribution in [0.3, 0.4) is 0 Å². The quantitative estimate of drug-likeness (QED) is 0.257. The lowest BCUT2D eigenvalue weighted by Gasteiger charge is -2.28. The summed E-state index contributed by atoms with van der Waals surface area (Å²) >= 11 is 1.67. The van der Waals surface area contributed by atoms with Crippen LogP contribution in [0.4, 0.5) is 5.82 Å². The summed E-state index contributed by atoms with van der Waals surface area (Å²) in [5, 5.41) is 9.79. The fraction of sp³-hybridized carbons (Fsp3) is 0.357. The number of nitrogens with one attached hydrogen (secondary N) is 1. The number of amides is 1. The predicted octanol–water partition coefficient (Wildman–Crippen LogP) is 5.41. The molecule has 1 N–H and O–H groups in total. The molecule has 7 nitrogen and oxygen atoms in total. The van der Waals surface area contributed by atoms with Crippen molar-refractivity contribution >= 4 is 34.5 Å². The van der Waals surface area contributed by atoms with Crippen molar-refractivity contribution < 1.29 is 4.79 Å². The van der Waals surface area contributed by atoms with E-state index in [0.29, 0.717) is 23.9 Å². The molecule has 0 unspecified atom stereocenters. The molecule has 0 saturated carbocycles. The van der Waals surface area contributed by atoms with Crippen molar-refractivity contribution in [1.29, 1.82) is 0 Å². The number of carbonyl (C=O) groups is 1. The van der Waals surface area contributed by atoms with E-state index in [1.54, 1.807) is 11.8 Å². The summed E-state index contributed by atoms with van der Waals surface area (Å²) in [5.74, 6) is 0.891. The van der Waals surface area contributed by atoms with Crippen LogP contribution in [0.15, 0.2) is 66.0 Å². The minimum atomic E-state index is -0.0919. The summed E-state index contributed by atoms with van der Waals surface area (Å²) in [7, 11) is 0.